The Labute approximate surface area is 75.0 Å². The highest BCUT2D eigenvalue weighted by Crippen LogP contribution is 2.18. The van der Waals surface area contributed by atoms with E-state index in [2.05, 4.69) is 23.2 Å². The first-order valence-corrected chi connectivity index (χ1v) is 4.80. The van der Waals surface area contributed by atoms with Crippen molar-refractivity contribution in [1.82, 2.24) is 4.98 Å². The van der Waals surface area contributed by atoms with E-state index < -0.39 is 0 Å². The van der Waals surface area contributed by atoms with Crippen LogP contribution in [0.25, 0.3) is 10.2 Å². The number of hydrogen-bond acceptors (Lipinski definition) is 3. The summed E-state index contributed by atoms with van der Waals surface area (Å²) >= 11 is 1.68. The minimum atomic E-state index is 0.713. The zero-order chi connectivity index (χ0) is 8.39. The van der Waals surface area contributed by atoms with Gasteiger partial charge in [0, 0.05) is 0 Å². The molecule has 0 fully saturated rings. The molecule has 2 nitrogen and oxygen atoms in total. The van der Waals surface area contributed by atoms with Crippen molar-refractivity contribution in [2.24, 2.45) is 5.73 Å². The molecule has 0 atom stereocenters. The van der Waals surface area contributed by atoms with Crippen molar-refractivity contribution >= 4 is 21.6 Å². The summed E-state index contributed by atoms with van der Waals surface area (Å²) < 4.78 is 1.25. The van der Waals surface area contributed by atoms with E-state index in [1.807, 2.05) is 5.51 Å². The Morgan fingerprint density at radius 1 is 1.42 bits per heavy atom. The van der Waals surface area contributed by atoms with Crippen LogP contribution in [0.4, 0.5) is 0 Å². The normalized spacial score (nSPS) is 10.8. The summed E-state index contributed by atoms with van der Waals surface area (Å²) in [5.74, 6) is 0. The molecule has 2 N–H and O–H groups in total. The summed E-state index contributed by atoms with van der Waals surface area (Å²) in [6, 6.07) is 6.31. The average molecular weight is 178 g/mol. The highest BCUT2D eigenvalue weighted by Gasteiger charge is 1.97. The number of nitrogens with two attached hydrogens (primary N) is 1. The number of thiazole rings is 1. The van der Waals surface area contributed by atoms with Crippen LogP contribution in [-0.2, 0) is 6.42 Å². The van der Waals surface area contributed by atoms with E-state index in [-0.39, 0.29) is 0 Å². The lowest BCUT2D eigenvalue weighted by atomic mass is 10.1. The molecule has 0 radical (unpaired) electrons. The lowest BCUT2D eigenvalue weighted by molar-refractivity contribution is 0.971. The molecule has 0 aliphatic rings. The SMILES string of the molecule is NCCc1ccc2ncsc2c1. The molecule has 12 heavy (non-hydrogen) atoms. The van der Waals surface area contributed by atoms with Gasteiger partial charge in [-0.1, -0.05) is 6.07 Å². The van der Waals surface area contributed by atoms with Crippen molar-refractivity contribution in [3.05, 3.63) is 29.3 Å². The molecule has 1 aromatic carbocycles. The third-order valence-electron chi connectivity index (χ3n) is 1.83. The van der Waals surface area contributed by atoms with Crippen molar-refractivity contribution in [2.45, 2.75) is 6.42 Å². The fourth-order valence-electron chi connectivity index (χ4n) is 1.22. The molecule has 2 rings (SSSR count). The molecule has 2 aromatic rings. The lowest BCUT2D eigenvalue weighted by Gasteiger charge is -1.96. The van der Waals surface area contributed by atoms with Gasteiger partial charge >= 0.3 is 0 Å². The van der Waals surface area contributed by atoms with Crippen molar-refractivity contribution in [3.8, 4) is 0 Å². The number of hydrogen-bond donors (Lipinski definition) is 1. The number of nitrogens with zero attached hydrogens (tertiary/aromatic N) is 1. The van der Waals surface area contributed by atoms with Crippen LogP contribution >= 0.6 is 11.3 Å². The van der Waals surface area contributed by atoms with Gasteiger partial charge in [-0.2, -0.15) is 0 Å². The van der Waals surface area contributed by atoms with E-state index in [0.29, 0.717) is 6.54 Å². The van der Waals surface area contributed by atoms with Crippen molar-refractivity contribution in [1.29, 1.82) is 0 Å². The fraction of sp³-hybridized carbons (Fsp3) is 0.222. The van der Waals surface area contributed by atoms with Gasteiger partial charge in [0.15, 0.2) is 0 Å². The predicted molar refractivity (Wildman–Crippen MR) is 52.4 cm³/mol. The minimum Gasteiger partial charge on any atom is -0.330 e. The standard InChI is InChI=1S/C9H10N2S/c10-4-3-7-1-2-8-9(5-7)12-6-11-8/h1-2,5-6H,3-4,10H2. The Morgan fingerprint density at radius 3 is 3.17 bits per heavy atom. The minimum absolute atomic E-state index is 0.713. The second-order valence-electron chi connectivity index (χ2n) is 2.69. The maximum Gasteiger partial charge on any atom is 0.0812 e. The molecule has 0 saturated carbocycles. The molecule has 0 unspecified atom stereocenters. The summed E-state index contributed by atoms with van der Waals surface area (Å²) in [6.07, 6.45) is 0.952. The Kier molecular flexibility index (Phi) is 2.06. The van der Waals surface area contributed by atoms with Gasteiger partial charge in [0.25, 0.3) is 0 Å². The largest absolute Gasteiger partial charge is 0.330 e. The quantitative estimate of drug-likeness (QED) is 0.761. The maximum absolute atomic E-state index is 5.47. The van der Waals surface area contributed by atoms with Gasteiger partial charge in [0.1, 0.15) is 0 Å². The Balaban J connectivity index is 2.46. The first kappa shape index (κ1) is 7.71. The molecular weight excluding hydrogens is 168 g/mol. The van der Waals surface area contributed by atoms with Gasteiger partial charge in [0.2, 0.25) is 0 Å². The zero-order valence-electron chi connectivity index (χ0n) is 6.66. The molecule has 0 aliphatic carbocycles. The average Bonchev–Trinajstić information content (AvgIpc) is 2.51. The molecule has 0 saturated heterocycles. The number of fused-ring (bicyclic) bond motifs is 1. The molecule has 1 heterocycles. The summed E-state index contributed by atoms with van der Waals surface area (Å²) in [5, 5.41) is 0. The summed E-state index contributed by atoms with van der Waals surface area (Å²) in [6.45, 7) is 0.713. The van der Waals surface area contributed by atoms with Crippen molar-refractivity contribution in [2.75, 3.05) is 6.54 Å². The molecule has 0 amide bonds. The van der Waals surface area contributed by atoms with Gasteiger partial charge in [-0.3, -0.25) is 0 Å². The predicted octanol–water partition coefficient (Wildman–Crippen LogP) is 1.80. The molecule has 62 valence electrons. The van der Waals surface area contributed by atoms with Crippen molar-refractivity contribution in [3.63, 3.8) is 0 Å². The van der Waals surface area contributed by atoms with Crippen LogP contribution in [0.15, 0.2) is 23.7 Å². The van der Waals surface area contributed by atoms with Crippen LogP contribution < -0.4 is 5.73 Å². The van der Waals surface area contributed by atoms with Crippen LogP contribution in [0.2, 0.25) is 0 Å². The van der Waals surface area contributed by atoms with Crippen molar-refractivity contribution < 1.29 is 0 Å². The van der Waals surface area contributed by atoms with Gasteiger partial charge in [0.05, 0.1) is 15.7 Å². The lowest BCUT2D eigenvalue weighted by Crippen LogP contribution is -2.02. The fourth-order valence-corrected chi connectivity index (χ4v) is 1.96. The van der Waals surface area contributed by atoms with E-state index in [4.69, 9.17) is 5.73 Å². The van der Waals surface area contributed by atoms with Crippen LogP contribution in [0, 0.1) is 0 Å². The Bertz CT molecular complexity index is 381. The topological polar surface area (TPSA) is 38.9 Å². The third-order valence-corrected chi connectivity index (χ3v) is 2.62. The van der Waals surface area contributed by atoms with Crippen LogP contribution in [0.3, 0.4) is 0 Å². The summed E-state index contributed by atoms with van der Waals surface area (Å²) in [7, 11) is 0. The molecule has 1 aromatic heterocycles. The van der Waals surface area contributed by atoms with Gasteiger partial charge in [-0.15, -0.1) is 11.3 Å². The van der Waals surface area contributed by atoms with Crippen LogP contribution in [-0.4, -0.2) is 11.5 Å². The third kappa shape index (κ3) is 1.33. The summed E-state index contributed by atoms with van der Waals surface area (Å²) in [5.41, 5.74) is 9.72. The van der Waals surface area contributed by atoms with E-state index in [1.54, 1.807) is 11.3 Å². The van der Waals surface area contributed by atoms with E-state index in [9.17, 15) is 0 Å². The van der Waals surface area contributed by atoms with Crippen LogP contribution in [0.1, 0.15) is 5.56 Å². The number of rotatable bonds is 2. The van der Waals surface area contributed by atoms with E-state index >= 15 is 0 Å². The van der Waals surface area contributed by atoms with Gasteiger partial charge < -0.3 is 5.73 Å². The smallest absolute Gasteiger partial charge is 0.0812 e. The van der Waals surface area contributed by atoms with Crippen LogP contribution in [0.5, 0.6) is 0 Å². The Morgan fingerprint density at radius 2 is 2.33 bits per heavy atom. The number of benzene rings is 1. The molecule has 0 aliphatic heterocycles. The first-order valence-electron chi connectivity index (χ1n) is 3.92. The van der Waals surface area contributed by atoms with E-state index in [0.717, 1.165) is 11.9 Å². The summed E-state index contributed by atoms with van der Waals surface area (Å²) in [4.78, 5) is 4.21. The highest BCUT2D eigenvalue weighted by atomic mass is 32.1. The second kappa shape index (κ2) is 3.21. The monoisotopic (exact) mass is 178 g/mol. The second-order valence-corrected chi connectivity index (χ2v) is 3.58. The maximum atomic E-state index is 5.47. The number of aromatic nitrogens is 1. The van der Waals surface area contributed by atoms with Gasteiger partial charge in [-0.05, 0) is 30.7 Å². The highest BCUT2D eigenvalue weighted by molar-refractivity contribution is 7.16. The first-order chi connectivity index (χ1) is 5.90. The Hall–Kier alpha value is -0.930. The zero-order valence-corrected chi connectivity index (χ0v) is 7.47. The van der Waals surface area contributed by atoms with Gasteiger partial charge in [-0.25, -0.2) is 4.98 Å². The molecular formula is C9H10N2S. The molecule has 3 heteroatoms. The van der Waals surface area contributed by atoms with E-state index in [1.165, 1.54) is 10.3 Å². The molecule has 0 bridgehead atoms. The molecule has 0 spiro atoms.